The summed E-state index contributed by atoms with van der Waals surface area (Å²) in [4.78, 5) is 8.98. The lowest BCUT2D eigenvalue weighted by atomic mass is 10.2. The van der Waals surface area contributed by atoms with Crippen LogP contribution in [0.5, 0.6) is 0 Å². The number of nitrogen functional groups attached to an aromatic ring is 1. The zero-order valence-corrected chi connectivity index (χ0v) is 16.0. The van der Waals surface area contributed by atoms with E-state index in [2.05, 4.69) is 28.4 Å². The van der Waals surface area contributed by atoms with E-state index in [0.29, 0.717) is 5.82 Å². The van der Waals surface area contributed by atoms with Gasteiger partial charge in [-0.05, 0) is 26.3 Å². The molecule has 0 amide bonds. The first-order valence-electron chi connectivity index (χ1n) is 9.02. The standard InChI is InChI=1S/C15H19N5.C2H6O.C2H6/c1-3-4-9-17-20-10(2)18-13-14(20)11-7-5-6-8-12(11)19-15(13)16;1-2-3;1-2/h5-8,17H,3-4,9H2,1-2H3,(H2,16,19);3H,2H2,1H3;1-2H3. The van der Waals surface area contributed by atoms with Gasteiger partial charge in [-0.15, -0.1) is 0 Å². The highest BCUT2D eigenvalue weighted by Gasteiger charge is 2.14. The van der Waals surface area contributed by atoms with Gasteiger partial charge in [-0.1, -0.05) is 45.4 Å². The van der Waals surface area contributed by atoms with E-state index in [9.17, 15) is 0 Å². The van der Waals surface area contributed by atoms with Crippen molar-refractivity contribution < 1.29 is 5.11 Å². The average Bonchev–Trinajstić information content (AvgIpc) is 2.95. The van der Waals surface area contributed by atoms with E-state index >= 15 is 0 Å². The molecular weight excluding hydrogens is 314 g/mol. The van der Waals surface area contributed by atoms with Crippen molar-refractivity contribution in [3.05, 3.63) is 30.1 Å². The second kappa shape index (κ2) is 10.5. The van der Waals surface area contributed by atoms with Crippen LogP contribution >= 0.6 is 0 Å². The lowest BCUT2D eigenvalue weighted by molar-refractivity contribution is 0.318. The van der Waals surface area contributed by atoms with Crippen molar-refractivity contribution in [2.45, 2.75) is 47.5 Å². The minimum absolute atomic E-state index is 0.250. The van der Waals surface area contributed by atoms with Crippen LogP contribution in [0.25, 0.3) is 21.9 Å². The van der Waals surface area contributed by atoms with Crippen molar-refractivity contribution in [1.29, 1.82) is 0 Å². The smallest absolute Gasteiger partial charge is 0.152 e. The van der Waals surface area contributed by atoms with Crippen molar-refractivity contribution in [1.82, 2.24) is 14.6 Å². The summed E-state index contributed by atoms with van der Waals surface area (Å²) in [7, 11) is 0. The number of hydrogen-bond donors (Lipinski definition) is 3. The molecule has 3 rings (SSSR count). The molecule has 0 aliphatic rings. The molecule has 2 heterocycles. The molecule has 0 aliphatic carbocycles. The van der Waals surface area contributed by atoms with Gasteiger partial charge in [-0.2, -0.15) is 0 Å². The molecule has 138 valence electrons. The van der Waals surface area contributed by atoms with Crippen LogP contribution in [-0.4, -0.2) is 32.9 Å². The van der Waals surface area contributed by atoms with Gasteiger partial charge in [0.1, 0.15) is 16.9 Å². The van der Waals surface area contributed by atoms with Gasteiger partial charge in [-0.25, -0.2) is 14.6 Å². The van der Waals surface area contributed by atoms with E-state index < -0.39 is 0 Å². The summed E-state index contributed by atoms with van der Waals surface area (Å²) in [5, 5.41) is 8.64. The van der Waals surface area contributed by atoms with E-state index in [1.54, 1.807) is 6.92 Å². The first-order chi connectivity index (χ1) is 12.1. The zero-order valence-electron chi connectivity index (χ0n) is 16.0. The average molecular weight is 345 g/mol. The molecule has 0 aliphatic heterocycles. The second-order valence-corrected chi connectivity index (χ2v) is 5.28. The van der Waals surface area contributed by atoms with Crippen molar-refractivity contribution in [3.63, 3.8) is 0 Å². The number of aryl methyl sites for hydroxylation is 1. The number of imidazole rings is 1. The number of nitrogens with one attached hydrogen (secondary N) is 1. The van der Waals surface area contributed by atoms with Crippen LogP contribution in [0.1, 0.15) is 46.4 Å². The number of nitrogens with two attached hydrogens (primary N) is 1. The predicted octanol–water partition coefficient (Wildman–Crippen LogP) is 3.84. The third-order valence-corrected chi connectivity index (χ3v) is 3.49. The number of unbranched alkanes of at least 4 members (excludes halogenated alkanes) is 1. The summed E-state index contributed by atoms with van der Waals surface area (Å²) < 4.78 is 2.03. The fourth-order valence-corrected chi connectivity index (χ4v) is 2.47. The van der Waals surface area contributed by atoms with E-state index in [1.165, 1.54) is 0 Å². The molecule has 0 unspecified atom stereocenters. The molecule has 6 heteroatoms. The van der Waals surface area contributed by atoms with Gasteiger partial charge in [-0.3, -0.25) is 0 Å². The Labute approximate surface area is 150 Å². The zero-order chi connectivity index (χ0) is 18.8. The third kappa shape index (κ3) is 4.82. The molecule has 0 saturated heterocycles. The molecule has 0 fully saturated rings. The van der Waals surface area contributed by atoms with Gasteiger partial charge in [0.05, 0.1) is 5.52 Å². The Kier molecular flexibility index (Phi) is 8.70. The molecule has 1 aromatic carbocycles. The van der Waals surface area contributed by atoms with Crippen LogP contribution in [0.15, 0.2) is 24.3 Å². The van der Waals surface area contributed by atoms with Crippen molar-refractivity contribution >= 4 is 27.8 Å². The fourth-order valence-electron chi connectivity index (χ4n) is 2.47. The summed E-state index contributed by atoms with van der Waals surface area (Å²) in [6.07, 6.45) is 2.28. The van der Waals surface area contributed by atoms with Crippen LogP contribution in [0.4, 0.5) is 5.82 Å². The van der Waals surface area contributed by atoms with Gasteiger partial charge >= 0.3 is 0 Å². The Morgan fingerprint density at radius 3 is 2.44 bits per heavy atom. The Bertz CT molecular complexity index is 782. The molecule has 25 heavy (non-hydrogen) atoms. The molecule has 2 aromatic heterocycles. The number of aliphatic hydroxyl groups is 1. The van der Waals surface area contributed by atoms with Gasteiger partial charge in [0, 0.05) is 18.5 Å². The Balaban J connectivity index is 0.000000567. The number of aromatic nitrogens is 3. The maximum Gasteiger partial charge on any atom is 0.152 e. The summed E-state index contributed by atoms with van der Waals surface area (Å²) in [6, 6.07) is 8.02. The van der Waals surface area contributed by atoms with Crippen molar-refractivity contribution in [2.75, 3.05) is 24.3 Å². The number of pyridine rings is 1. The first kappa shape index (κ1) is 20.7. The highest BCUT2D eigenvalue weighted by atomic mass is 16.2. The molecule has 6 nitrogen and oxygen atoms in total. The first-order valence-corrected chi connectivity index (χ1v) is 9.02. The maximum absolute atomic E-state index is 7.57. The number of anilines is 1. The molecule has 0 saturated carbocycles. The SMILES string of the molecule is CC.CCCCNn1c(C)nc2c(N)nc3ccccc3c21.CCO. The van der Waals surface area contributed by atoms with E-state index in [4.69, 9.17) is 10.8 Å². The third-order valence-electron chi connectivity index (χ3n) is 3.49. The monoisotopic (exact) mass is 345 g/mol. The van der Waals surface area contributed by atoms with Crippen LogP contribution in [0.3, 0.4) is 0 Å². The van der Waals surface area contributed by atoms with Crippen molar-refractivity contribution in [3.8, 4) is 0 Å². The Morgan fingerprint density at radius 2 is 1.80 bits per heavy atom. The van der Waals surface area contributed by atoms with E-state index in [1.807, 2.05) is 43.6 Å². The number of benzene rings is 1. The number of nitrogens with zero attached hydrogens (tertiary/aromatic N) is 3. The highest BCUT2D eigenvalue weighted by molar-refractivity contribution is 6.06. The lowest BCUT2D eigenvalue weighted by Gasteiger charge is -2.11. The van der Waals surface area contributed by atoms with E-state index in [0.717, 1.165) is 47.1 Å². The number of para-hydroxylation sites is 1. The van der Waals surface area contributed by atoms with Crippen LogP contribution < -0.4 is 11.2 Å². The Hall–Kier alpha value is -2.34. The fraction of sp³-hybridized carbons (Fsp3) is 0.474. The van der Waals surface area contributed by atoms with Gasteiger partial charge in [0.2, 0.25) is 0 Å². The number of hydrogen-bond acceptors (Lipinski definition) is 5. The number of fused-ring (bicyclic) bond motifs is 3. The summed E-state index contributed by atoms with van der Waals surface area (Å²) in [5.41, 5.74) is 12.2. The highest BCUT2D eigenvalue weighted by Crippen LogP contribution is 2.27. The lowest BCUT2D eigenvalue weighted by Crippen LogP contribution is -2.17. The minimum Gasteiger partial charge on any atom is -0.397 e. The molecule has 0 atom stereocenters. The molecule has 0 bridgehead atoms. The van der Waals surface area contributed by atoms with E-state index in [-0.39, 0.29) is 6.61 Å². The largest absolute Gasteiger partial charge is 0.397 e. The van der Waals surface area contributed by atoms with Gasteiger partial charge in [0.25, 0.3) is 0 Å². The predicted molar refractivity (Wildman–Crippen MR) is 107 cm³/mol. The van der Waals surface area contributed by atoms with Gasteiger partial charge in [0.15, 0.2) is 5.82 Å². The second-order valence-electron chi connectivity index (χ2n) is 5.28. The number of rotatable bonds is 4. The van der Waals surface area contributed by atoms with Crippen molar-refractivity contribution in [2.24, 2.45) is 0 Å². The molecular formula is C19H31N5O. The molecule has 0 spiro atoms. The van der Waals surface area contributed by atoms with Crippen LogP contribution in [-0.2, 0) is 0 Å². The summed E-state index contributed by atoms with van der Waals surface area (Å²) in [6.45, 7) is 11.0. The normalized spacial score (nSPS) is 10.0. The summed E-state index contributed by atoms with van der Waals surface area (Å²) in [5.74, 6) is 1.39. The Morgan fingerprint density at radius 1 is 1.16 bits per heavy atom. The summed E-state index contributed by atoms with van der Waals surface area (Å²) >= 11 is 0. The maximum atomic E-state index is 7.57. The van der Waals surface area contributed by atoms with Crippen LogP contribution in [0, 0.1) is 6.92 Å². The van der Waals surface area contributed by atoms with Gasteiger partial charge < -0.3 is 16.3 Å². The molecule has 0 radical (unpaired) electrons. The van der Waals surface area contributed by atoms with Crippen LogP contribution in [0.2, 0.25) is 0 Å². The minimum atomic E-state index is 0.250. The topological polar surface area (TPSA) is 89.0 Å². The quantitative estimate of drug-likeness (QED) is 0.625. The molecule has 3 aromatic rings. The molecule has 4 N–H and O–H groups in total. The number of aliphatic hydroxyl groups excluding tert-OH is 1.